The number of carbonyl (C=O) groups excluding carboxylic acids is 1. The van der Waals surface area contributed by atoms with Crippen molar-refractivity contribution in [1.82, 2.24) is 0 Å². The van der Waals surface area contributed by atoms with Gasteiger partial charge in [-0.25, -0.2) is 9.18 Å². The van der Waals surface area contributed by atoms with Crippen LogP contribution in [-0.4, -0.2) is 29.2 Å². The molecule has 0 saturated carbocycles. The molecular weight excluding hydrogens is 253 g/mol. The molecule has 1 aromatic rings. The van der Waals surface area contributed by atoms with Gasteiger partial charge in [0.05, 0.1) is 11.3 Å². The molecule has 1 aliphatic rings. The fraction of sp³-hybridized carbons (Fsp3) is 0.385. The summed E-state index contributed by atoms with van der Waals surface area (Å²) >= 11 is 0. The zero-order valence-corrected chi connectivity index (χ0v) is 10.4. The predicted octanol–water partition coefficient (Wildman–Crippen LogP) is 2.03. The molecule has 1 saturated heterocycles. The lowest BCUT2D eigenvalue weighted by Crippen LogP contribution is -2.39. The highest BCUT2D eigenvalue weighted by Gasteiger charge is 2.38. The minimum absolute atomic E-state index is 0.0654. The van der Waals surface area contributed by atoms with Crippen LogP contribution in [-0.2, 0) is 9.53 Å². The van der Waals surface area contributed by atoms with Crippen molar-refractivity contribution in [3.63, 3.8) is 0 Å². The fourth-order valence-electron chi connectivity index (χ4n) is 2.02. The quantitative estimate of drug-likeness (QED) is 0.878. The number of amides is 1. The first-order valence-corrected chi connectivity index (χ1v) is 5.91. The van der Waals surface area contributed by atoms with E-state index in [4.69, 9.17) is 9.84 Å². The van der Waals surface area contributed by atoms with Crippen LogP contribution in [0.25, 0.3) is 0 Å². The Morgan fingerprint density at radius 3 is 2.79 bits per heavy atom. The summed E-state index contributed by atoms with van der Waals surface area (Å²) in [4.78, 5) is 23.1. The van der Waals surface area contributed by atoms with Gasteiger partial charge in [-0.3, -0.25) is 4.79 Å². The third-order valence-corrected chi connectivity index (χ3v) is 3.16. The highest BCUT2D eigenvalue weighted by molar-refractivity contribution is 6.03. The lowest BCUT2D eigenvalue weighted by Gasteiger charge is -2.22. The van der Waals surface area contributed by atoms with E-state index in [2.05, 4.69) is 5.32 Å². The second kappa shape index (κ2) is 4.97. The maximum absolute atomic E-state index is 13.0. The molecule has 1 aromatic carbocycles. The molecule has 19 heavy (non-hydrogen) atoms. The van der Waals surface area contributed by atoms with Crippen molar-refractivity contribution >= 4 is 17.6 Å². The number of carboxylic acid groups (broad SMARTS) is 1. The van der Waals surface area contributed by atoms with Crippen molar-refractivity contribution in [2.75, 3.05) is 11.9 Å². The minimum Gasteiger partial charge on any atom is -0.478 e. The third-order valence-electron chi connectivity index (χ3n) is 3.16. The number of carboxylic acids is 1. The summed E-state index contributed by atoms with van der Waals surface area (Å²) in [6.07, 6.45) is 1.35. The number of nitrogens with one attached hydrogen (secondary N) is 1. The van der Waals surface area contributed by atoms with E-state index in [1.54, 1.807) is 6.92 Å². The van der Waals surface area contributed by atoms with E-state index < -0.39 is 23.3 Å². The van der Waals surface area contributed by atoms with Crippen molar-refractivity contribution in [2.24, 2.45) is 0 Å². The summed E-state index contributed by atoms with van der Waals surface area (Å²) in [6, 6.07) is 3.20. The average Bonchev–Trinajstić information content (AvgIpc) is 2.79. The van der Waals surface area contributed by atoms with Crippen LogP contribution in [0.2, 0.25) is 0 Å². The zero-order chi connectivity index (χ0) is 14.0. The van der Waals surface area contributed by atoms with E-state index in [9.17, 15) is 14.0 Å². The molecule has 1 atom stereocenters. The molecule has 1 heterocycles. The van der Waals surface area contributed by atoms with Crippen LogP contribution in [0.3, 0.4) is 0 Å². The van der Waals surface area contributed by atoms with E-state index in [0.717, 1.165) is 18.6 Å². The van der Waals surface area contributed by atoms with Crippen molar-refractivity contribution < 1.29 is 23.8 Å². The summed E-state index contributed by atoms with van der Waals surface area (Å²) in [5.41, 5.74) is -1.17. The molecule has 1 aliphatic heterocycles. The van der Waals surface area contributed by atoms with E-state index in [1.807, 2.05) is 0 Å². The summed E-state index contributed by atoms with van der Waals surface area (Å²) < 4.78 is 18.4. The number of ether oxygens (including phenoxy) is 1. The van der Waals surface area contributed by atoms with Gasteiger partial charge in [-0.2, -0.15) is 0 Å². The Morgan fingerprint density at radius 2 is 2.21 bits per heavy atom. The van der Waals surface area contributed by atoms with E-state index in [1.165, 1.54) is 6.07 Å². The van der Waals surface area contributed by atoms with Gasteiger partial charge in [0.15, 0.2) is 0 Å². The maximum atomic E-state index is 13.0. The smallest absolute Gasteiger partial charge is 0.337 e. The van der Waals surface area contributed by atoms with Gasteiger partial charge in [0.1, 0.15) is 11.4 Å². The Labute approximate surface area is 109 Å². The van der Waals surface area contributed by atoms with Gasteiger partial charge in [-0.05, 0) is 38.0 Å². The second-order valence-corrected chi connectivity index (χ2v) is 4.63. The van der Waals surface area contributed by atoms with Crippen LogP contribution in [0.5, 0.6) is 0 Å². The molecule has 102 valence electrons. The molecular formula is C13H14FNO4. The van der Waals surface area contributed by atoms with Crippen LogP contribution in [0.4, 0.5) is 10.1 Å². The van der Waals surface area contributed by atoms with Gasteiger partial charge in [0, 0.05) is 6.61 Å². The monoisotopic (exact) mass is 267 g/mol. The molecule has 1 fully saturated rings. The number of benzene rings is 1. The zero-order valence-electron chi connectivity index (χ0n) is 10.4. The van der Waals surface area contributed by atoms with Crippen LogP contribution < -0.4 is 5.32 Å². The van der Waals surface area contributed by atoms with Gasteiger partial charge in [-0.15, -0.1) is 0 Å². The van der Waals surface area contributed by atoms with Gasteiger partial charge in [-0.1, -0.05) is 0 Å². The number of anilines is 1. The van der Waals surface area contributed by atoms with Crippen molar-refractivity contribution in [3.05, 3.63) is 29.6 Å². The second-order valence-electron chi connectivity index (χ2n) is 4.63. The number of hydrogen-bond donors (Lipinski definition) is 2. The number of rotatable bonds is 3. The Hall–Kier alpha value is -1.95. The van der Waals surface area contributed by atoms with Crippen molar-refractivity contribution in [2.45, 2.75) is 25.4 Å². The molecule has 6 heteroatoms. The van der Waals surface area contributed by atoms with Crippen molar-refractivity contribution in [3.8, 4) is 0 Å². The molecule has 0 aromatic heterocycles. The first-order valence-electron chi connectivity index (χ1n) is 5.91. The normalized spacial score (nSPS) is 22.2. The lowest BCUT2D eigenvalue weighted by atomic mass is 10.0. The molecule has 0 aliphatic carbocycles. The third kappa shape index (κ3) is 2.73. The lowest BCUT2D eigenvalue weighted by molar-refractivity contribution is -0.133. The standard InChI is InChI=1S/C13H14FNO4/c1-13(5-2-6-19-13)12(18)15-10-4-3-8(14)7-9(10)11(16)17/h3-4,7H,2,5-6H2,1H3,(H,15,18)(H,16,17). The van der Waals surface area contributed by atoms with E-state index in [0.29, 0.717) is 13.0 Å². The number of carbonyl (C=O) groups is 2. The first-order chi connectivity index (χ1) is 8.92. The Balaban J connectivity index is 2.23. The number of halogens is 1. The fourth-order valence-corrected chi connectivity index (χ4v) is 2.02. The van der Waals surface area contributed by atoms with Crippen LogP contribution in [0.15, 0.2) is 18.2 Å². The minimum atomic E-state index is -1.30. The molecule has 0 bridgehead atoms. The maximum Gasteiger partial charge on any atom is 0.337 e. The molecule has 0 spiro atoms. The largest absolute Gasteiger partial charge is 0.478 e. The van der Waals surface area contributed by atoms with Gasteiger partial charge < -0.3 is 15.2 Å². The van der Waals surface area contributed by atoms with Gasteiger partial charge >= 0.3 is 5.97 Å². The Bertz CT molecular complexity index is 523. The van der Waals surface area contributed by atoms with Crippen molar-refractivity contribution in [1.29, 1.82) is 0 Å². The molecule has 1 unspecified atom stereocenters. The number of hydrogen-bond acceptors (Lipinski definition) is 3. The van der Waals surface area contributed by atoms with Crippen LogP contribution in [0, 0.1) is 5.82 Å². The molecule has 2 N–H and O–H groups in total. The molecule has 0 radical (unpaired) electrons. The summed E-state index contributed by atoms with van der Waals surface area (Å²) in [7, 11) is 0. The SMILES string of the molecule is CC1(C(=O)Nc2ccc(F)cc2C(=O)O)CCCO1. The summed E-state index contributed by atoms with van der Waals surface area (Å²) in [5.74, 6) is -2.38. The Kier molecular flexibility index (Phi) is 3.53. The average molecular weight is 267 g/mol. The van der Waals surface area contributed by atoms with Gasteiger partial charge in [0.2, 0.25) is 0 Å². The van der Waals surface area contributed by atoms with E-state index >= 15 is 0 Å². The topological polar surface area (TPSA) is 75.6 Å². The Morgan fingerprint density at radius 1 is 1.47 bits per heavy atom. The summed E-state index contributed by atoms with van der Waals surface area (Å²) in [5, 5.41) is 11.5. The van der Waals surface area contributed by atoms with E-state index in [-0.39, 0.29) is 11.3 Å². The van der Waals surface area contributed by atoms with Crippen LogP contribution >= 0.6 is 0 Å². The molecule has 2 rings (SSSR count). The van der Waals surface area contributed by atoms with Crippen LogP contribution in [0.1, 0.15) is 30.1 Å². The predicted molar refractivity (Wildman–Crippen MR) is 65.6 cm³/mol. The molecule has 5 nitrogen and oxygen atoms in total. The highest BCUT2D eigenvalue weighted by atomic mass is 19.1. The van der Waals surface area contributed by atoms with Gasteiger partial charge in [0.25, 0.3) is 5.91 Å². The highest BCUT2D eigenvalue weighted by Crippen LogP contribution is 2.27. The first kappa shape index (κ1) is 13.5. The molecule has 1 amide bonds. The number of aromatic carboxylic acids is 1. The summed E-state index contributed by atoms with van der Waals surface area (Å²) in [6.45, 7) is 2.15.